The molecule has 1 unspecified atom stereocenters. The summed E-state index contributed by atoms with van der Waals surface area (Å²) in [7, 11) is 0. The summed E-state index contributed by atoms with van der Waals surface area (Å²) < 4.78 is 5.49. The molecule has 0 bridgehead atoms. The quantitative estimate of drug-likeness (QED) is 0.596. The molecule has 2 rings (SSSR count). The van der Waals surface area contributed by atoms with E-state index in [1.54, 1.807) is 24.3 Å². The predicted molar refractivity (Wildman–Crippen MR) is 93.5 cm³/mol. The van der Waals surface area contributed by atoms with E-state index >= 15 is 0 Å². The van der Waals surface area contributed by atoms with Crippen LogP contribution in [0.25, 0.3) is 0 Å². The molecule has 1 aromatic carbocycles. The van der Waals surface area contributed by atoms with Gasteiger partial charge >= 0.3 is 0 Å². The van der Waals surface area contributed by atoms with Gasteiger partial charge in [-0.05, 0) is 37.5 Å². The Balaban J connectivity index is 1.83. The van der Waals surface area contributed by atoms with Gasteiger partial charge in [0.05, 0.1) is 6.10 Å². The number of benzene rings is 1. The molecule has 1 saturated heterocycles. The maximum Gasteiger partial charge on any atom is 0.251 e. The molecule has 0 aromatic heterocycles. The van der Waals surface area contributed by atoms with Crippen LogP contribution in [0.1, 0.15) is 35.7 Å². The zero-order valence-corrected chi connectivity index (χ0v) is 14.0. The van der Waals surface area contributed by atoms with Crippen molar-refractivity contribution < 1.29 is 14.3 Å². The highest BCUT2D eigenvalue weighted by molar-refractivity contribution is 5.94. The van der Waals surface area contributed by atoms with E-state index in [-0.39, 0.29) is 17.9 Å². The standard InChI is InChI=1S/C19H24N2O3/c1-2-3-4-10-18(22)20-13-15-7-5-8-16(12-15)19(23)21-14-17-9-6-11-24-17/h2-5,7-8,10,12,17H,6,9,11,13-14H2,1H3,(H,20,22)(H,21,23)/b3-2+,10-4+. The molecule has 1 atom stereocenters. The summed E-state index contributed by atoms with van der Waals surface area (Å²) in [5.74, 6) is -0.284. The zero-order valence-electron chi connectivity index (χ0n) is 14.0. The smallest absolute Gasteiger partial charge is 0.251 e. The summed E-state index contributed by atoms with van der Waals surface area (Å²) in [6.45, 7) is 3.58. The van der Waals surface area contributed by atoms with Crippen LogP contribution in [0.4, 0.5) is 0 Å². The summed E-state index contributed by atoms with van der Waals surface area (Å²) in [5, 5.41) is 5.69. The first-order valence-corrected chi connectivity index (χ1v) is 8.25. The summed E-state index contributed by atoms with van der Waals surface area (Å²) >= 11 is 0. The first-order valence-electron chi connectivity index (χ1n) is 8.25. The summed E-state index contributed by atoms with van der Waals surface area (Å²) in [5.41, 5.74) is 1.47. The van der Waals surface area contributed by atoms with Gasteiger partial charge in [-0.1, -0.05) is 30.4 Å². The van der Waals surface area contributed by atoms with Gasteiger partial charge in [-0.15, -0.1) is 0 Å². The molecule has 2 amide bonds. The molecule has 128 valence electrons. The lowest BCUT2D eigenvalue weighted by atomic mass is 10.1. The second-order valence-electron chi connectivity index (χ2n) is 5.65. The molecule has 0 radical (unpaired) electrons. The maximum absolute atomic E-state index is 12.2. The predicted octanol–water partition coefficient (Wildman–Crippen LogP) is 2.34. The van der Waals surface area contributed by atoms with Gasteiger partial charge in [0, 0.05) is 31.3 Å². The highest BCUT2D eigenvalue weighted by Crippen LogP contribution is 2.11. The molecule has 1 aliphatic heterocycles. The van der Waals surface area contributed by atoms with E-state index in [0.29, 0.717) is 18.7 Å². The Morgan fingerprint density at radius 1 is 1.29 bits per heavy atom. The fourth-order valence-corrected chi connectivity index (χ4v) is 2.44. The molecule has 0 spiro atoms. The van der Waals surface area contributed by atoms with Crippen LogP contribution < -0.4 is 10.6 Å². The van der Waals surface area contributed by atoms with Gasteiger partial charge in [-0.2, -0.15) is 0 Å². The third kappa shape index (κ3) is 6.01. The molecule has 24 heavy (non-hydrogen) atoms. The molecule has 1 heterocycles. The van der Waals surface area contributed by atoms with Crippen molar-refractivity contribution in [2.75, 3.05) is 13.2 Å². The number of ether oxygens (including phenoxy) is 1. The van der Waals surface area contributed by atoms with E-state index < -0.39 is 0 Å². The minimum atomic E-state index is -0.165. The Kier molecular flexibility index (Phi) is 7.23. The lowest BCUT2D eigenvalue weighted by Gasteiger charge is -2.11. The molecular formula is C19H24N2O3. The van der Waals surface area contributed by atoms with Crippen molar-refractivity contribution in [3.8, 4) is 0 Å². The highest BCUT2D eigenvalue weighted by Gasteiger charge is 2.16. The first kappa shape index (κ1) is 17.9. The van der Waals surface area contributed by atoms with Gasteiger partial charge in [0.15, 0.2) is 0 Å². The molecule has 0 saturated carbocycles. The van der Waals surface area contributed by atoms with Crippen LogP contribution in [0.15, 0.2) is 48.6 Å². The molecule has 5 heteroatoms. The van der Waals surface area contributed by atoms with Crippen LogP contribution in [-0.2, 0) is 16.1 Å². The van der Waals surface area contributed by atoms with E-state index in [0.717, 1.165) is 25.0 Å². The number of allylic oxidation sites excluding steroid dienone is 3. The number of hydrogen-bond acceptors (Lipinski definition) is 3. The van der Waals surface area contributed by atoms with Crippen molar-refractivity contribution in [1.82, 2.24) is 10.6 Å². The molecular weight excluding hydrogens is 304 g/mol. The first-order chi connectivity index (χ1) is 11.7. The van der Waals surface area contributed by atoms with Gasteiger partial charge in [0.25, 0.3) is 5.91 Å². The SMILES string of the molecule is C/C=C/C=C/C(=O)NCc1cccc(C(=O)NCC2CCCO2)c1. The highest BCUT2D eigenvalue weighted by atomic mass is 16.5. The maximum atomic E-state index is 12.2. The van der Waals surface area contributed by atoms with E-state index in [2.05, 4.69) is 10.6 Å². The monoisotopic (exact) mass is 328 g/mol. The van der Waals surface area contributed by atoms with Crippen LogP contribution in [-0.4, -0.2) is 31.1 Å². The molecule has 2 N–H and O–H groups in total. The Morgan fingerprint density at radius 3 is 2.92 bits per heavy atom. The van der Waals surface area contributed by atoms with Crippen molar-refractivity contribution >= 4 is 11.8 Å². The second kappa shape index (κ2) is 9.67. The number of amides is 2. The lowest BCUT2D eigenvalue weighted by molar-refractivity contribution is -0.116. The van der Waals surface area contributed by atoms with Gasteiger partial charge in [-0.3, -0.25) is 9.59 Å². The molecule has 0 aliphatic carbocycles. The molecule has 1 aromatic rings. The average molecular weight is 328 g/mol. The minimum Gasteiger partial charge on any atom is -0.376 e. The Labute approximate surface area is 142 Å². The van der Waals surface area contributed by atoms with Crippen molar-refractivity contribution in [2.45, 2.75) is 32.4 Å². The number of hydrogen-bond donors (Lipinski definition) is 2. The average Bonchev–Trinajstić information content (AvgIpc) is 3.12. The third-order valence-electron chi connectivity index (χ3n) is 3.72. The summed E-state index contributed by atoms with van der Waals surface area (Å²) in [6.07, 6.45) is 8.97. The van der Waals surface area contributed by atoms with Crippen LogP contribution in [0, 0.1) is 0 Å². The third-order valence-corrected chi connectivity index (χ3v) is 3.72. The van der Waals surface area contributed by atoms with Gasteiger partial charge in [0.2, 0.25) is 5.91 Å². The molecule has 5 nitrogen and oxygen atoms in total. The fraction of sp³-hybridized carbons (Fsp3) is 0.368. The van der Waals surface area contributed by atoms with Crippen LogP contribution in [0.2, 0.25) is 0 Å². The normalized spacial score (nSPS) is 17.5. The molecule has 1 aliphatic rings. The van der Waals surface area contributed by atoms with Gasteiger partial charge in [0.1, 0.15) is 0 Å². The van der Waals surface area contributed by atoms with Crippen LogP contribution >= 0.6 is 0 Å². The van der Waals surface area contributed by atoms with E-state index in [4.69, 9.17) is 4.74 Å². The number of rotatable bonds is 7. The lowest BCUT2D eigenvalue weighted by Crippen LogP contribution is -2.31. The number of nitrogens with one attached hydrogen (secondary N) is 2. The van der Waals surface area contributed by atoms with Crippen molar-refractivity contribution in [2.24, 2.45) is 0 Å². The van der Waals surface area contributed by atoms with Gasteiger partial charge < -0.3 is 15.4 Å². The summed E-state index contributed by atoms with van der Waals surface area (Å²) in [4.78, 5) is 23.8. The fourth-order valence-electron chi connectivity index (χ4n) is 2.44. The Morgan fingerprint density at radius 2 is 2.17 bits per heavy atom. The van der Waals surface area contributed by atoms with Crippen LogP contribution in [0.5, 0.6) is 0 Å². The Hall–Kier alpha value is -2.40. The minimum absolute atomic E-state index is 0.119. The number of carbonyl (C=O) groups is 2. The number of carbonyl (C=O) groups excluding carboxylic acids is 2. The van der Waals surface area contributed by atoms with Crippen LogP contribution in [0.3, 0.4) is 0 Å². The zero-order chi connectivity index (χ0) is 17.2. The topological polar surface area (TPSA) is 67.4 Å². The summed E-state index contributed by atoms with van der Waals surface area (Å²) in [6, 6.07) is 7.26. The second-order valence-corrected chi connectivity index (χ2v) is 5.65. The van der Waals surface area contributed by atoms with Gasteiger partial charge in [-0.25, -0.2) is 0 Å². The Bertz CT molecular complexity index is 617. The van der Waals surface area contributed by atoms with E-state index in [9.17, 15) is 9.59 Å². The van der Waals surface area contributed by atoms with Crippen molar-refractivity contribution in [3.05, 3.63) is 59.7 Å². The van der Waals surface area contributed by atoms with E-state index in [1.807, 2.05) is 25.1 Å². The largest absolute Gasteiger partial charge is 0.376 e. The van der Waals surface area contributed by atoms with Crippen molar-refractivity contribution in [1.29, 1.82) is 0 Å². The van der Waals surface area contributed by atoms with Crippen molar-refractivity contribution in [3.63, 3.8) is 0 Å². The van der Waals surface area contributed by atoms with E-state index in [1.165, 1.54) is 6.08 Å². The molecule has 1 fully saturated rings.